The molecule has 0 unspecified atom stereocenters. The maximum atomic E-state index is 11.2. The van der Waals surface area contributed by atoms with Gasteiger partial charge in [0.1, 0.15) is 17.1 Å². The highest BCUT2D eigenvalue weighted by atomic mass is 16.3. The van der Waals surface area contributed by atoms with Crippen LogP contribution in [0.5, 0.6) is 5.88 Å². The summed E-state index contributed by atoms with van der Waals surface area (Å²) in [5.41, 5.74) is 1.95. The van der Waals surface area contributed by atoms with Crippen LogP contribution in [0.1, 0.15) is 0 Å². The number of aromatic nitrogens is 3. The van der Waals surface area contributed by atoms with Gasteiger partial charge in [-0.2, -0.15) is 0 Å². The number of rotatable bonds is 1. The van der Waals surface area contributed by atoms with Crippen molar-refractivity contribution in [2.75, 3.05) is 0 Å². The molecule has 0 bridgehead atoms. The molecule has 0 saturated carbocycles. The van der Waals surface area contributed by atoms with E-state index in [1.54, 1.807) is 16.8 Å². The van der Waals surface area contributed by atoms with Crippen LogP contribution in [0.3, 0.4) is 0 Å². The van der Waals surface area contributed by atoms with Crippen molar-refractivity contribution in [2.24, 2.45) is 5.18 Å². The first-order valence-electron chi connectivity index (χ1n) is 5.73. The highest BCUT2D eigenvalue weighted by Gasteiger charge is 2.24. The van der Waals surface area contributed by atoms with Crippen molar-refractivity contribution in [3.05, 3.63) is 41.6 Å². The minimum atomic E-state index is -0.106. The van der Waals surface area contributed by atoms with E-state index in [4.69, 9.17) is 0 Å². The second-order valence-corrected chi connectivity index (χ2v) is 4.30. The van der Waals surface area contributed by atoms with Gasteiger partial charge < -0.3 is 10.1 Å². The summed E-state index contributed by atoms with van der Waals surface area (Å²) in [4.78, 5) is 18.2. The van der Waals surface area contributed by atoms with E-state index in [0.29, 0.717) is 22.7 Å². The summed E-state index contributed by atoms with van der Waals surface area (Å²) in [6.45, 7) is 0. The van der Waals surface area contributed by atoms with Crippen molar-refractivity contribution >= 4 is 22.1 Å². The second-order valence-electron chi connectivity index (χ2n) is 4.30. The summed E-state index contributed by atoms with van der Waals surface area (Å²) < 4.78 is 1.69. The van der Waals surface area contributed by atoms with Crippen molar-refractivity contribution in [3.63, 3.8) is 0 Å². The molecule has 19 heavy (non-hydrogen) atoms. The van der Waals surface area contributed by atoms with Gasteiger partial charge >= 0.3 is 0 Å². The zero-order valence-corrected chi connectivity index (χ0v) is 9.66. The predicted octanol–water partition coefficient (Wildman–Crippen LogP) is 3.02. The SMILES string of the molecule is O=Nc1c2n3cc[nH]c3c(O)nc-2c2ccccc12. The fraction of sp³-hybridized carbons (Fsp3) is 0. The van der Waals surface area contributed by atoms with Gasteiger partial charge in [0.2, 0.25) is 0 Å². The molecule has 0 spiro atoms. The van der Waals surface area contributed by atoms with Crippen LogP contribution in [0.4, 0.5) is 5.69 Å². The van der Waals surface area contributed by atoms with E-state index in [1.807, 2.05) is 24.3 Å². The molecule has 2 heterocycles. The number of H-pyrrole nitrogens is 1. The lowest BCUT2D eigenvalue weighted by Gasteiger charge is -2.05. The molecule has 2 aliphatic rings. The molecule has 0 radical (unpaired) electrons. The Kier molecular flexibility index (Phi) is 1.76. The molecule has 92 valence electrons. The summed E-state index contributed by atoms with van der Waals surface area (Å²) in [6, 6.07) is 7.39. The van der Waals surface area contributed by atoms with E-state index >= 15 is 0 Å². The van der Waals surface area contributed by atoms with E-state index in [9.17, 15) is 10.0 Å². The van der Waals surface area contributed by atoms with Gasteiger partial charge in [0.15, 0.2) is 5.65 Å². The number of hydrogen-bond donors (Lipinski definition) is 2. The van der Waals surface area contributed by atoms with Crippen LogP contribution in [0, 0.1) is 4.91 Å². The molecule has 2 aromatic rings. The molecule has 1 aromatic carbocycles. The van der Waals surface area contributed by atoms with Crippen LogP contribution >= 0.6 is 0 Å². The summed E-state index contributed by atoms with van der Waals surface area (Å²) in [6.07, 6.45) is 3.40. The second kappa shape index (κ2) is 3.32. The molecule has 6 heteroatoms. The van der Waals surface area contributed by atoms with Gasteiger partial charge in [0.25, 0.3) is 5.88 Å². The molecular weight excluding hydrogens is 244 g/mol. The van der Waals surface area contributed by atoms with Crippen LogP contribution in [-0.4, -0.2) is 19.5 Å². The average Bonchev–Trinajstić information content (AvgIpc) is 3.01. The van der Waals surface area contributed by atoms with Crippen molar-refractivity contribution in [2.45, 2.75) is 0 Å². The molecule has 1 aromatic heterocycles. The lowest BCUT2D eigenvalue weighted by molar-refractivity contribution is 0.456. The molecule has 0 atom stereocenters. The molecule has 0 saturated heterocycles. The van der Waals surface area contributed by atoms with E-state index in [-0.39, 0.29) is 5.88 Å². The lowest BCUT2D eigenvalue weighted by atomic mass is 10.2. The van der Waals surface area contributed by atoms with E-state index in [0.717, 1.165) is 10.8 Å². The first-order chi connectivity index (χ1) is 9.31. The zero-order valence-electron chi connectivity index (χ0n) is 9.66. The topological polar surface area (TPSA) is 82.8 Å². The Morgan fingerprint density at radius 2 is 2.05 bits per heavy atom. The number of aromatic amines is 1. The fourth-order valence-corrected chi connectivity index (χ4v) is 2.55. The fourth-order valence-electron chi connectivity index (χ4n) is 2.55. The molecular formula is C13H8N4O2. The van der Waals surface area contributed by atoms with Crippen LogP contribution in [0.15, 0.2) is 41.8 Å². The summed E-state index contributed by atoms with van der Waals surface area (Å²) >= 11 is 0. The van der Waals surface area contributed by atoms with Crippen molar-refractivity contribution in [1.29, 1.82) is 0 Å². The van der Waals surface area contributed by atoms with E-state index in [2.05, 4.69) is 15.1 Å². The van der Waals surface area contributed by atoms with Gasteiger partial charge in [-0.1, -0.05) is 24.3 Å². The normalized spacial score (nSPS) is 11.6. The highest BCUT2D eigenvalue weighted by molar-refractivity contribution is 6.10. The summed E-state index contributed by atoms with van der Waals surface area (Å²) in [7, 11) is 0. The first-order valence-corrected chi connectivity index (χ1v) is 5.73. The van der Waals surface area contributed by atoms with Gasteiger partial charge in [-0.05, 0) is 5.18 Å². The third-order valence-electron chi connectivity index (χ3n) is 3.33. The standard InChI is InChI=1S/C13H8N4O2/c18-13-12-14-5-6-17(12)11-9(15-13)7-3-1-2-4-8(7)10(11)16-19/h1-6,14,18H. The first kappa shape index (κ1) is 10.1. The monoisotopic (exact) mass is 252 g/mol. The average molecular weight is 252 g/mol. The Hall–Kier alpha value is -2.89. The Labute approximate surface area is 106 Å². The highest BCUT2D eigenvalue weighted by Crippen LogP contribution is 2.44. The third kappa shape index (κ3) is 1.12. The number of imidazole rings is 1. The summed E-state index contributed by atoms with van der Waals surface area (Å²) in [5.74, 6) is -0.106. The Morgan fingerprint density at radius 3 is 2.84 bits per heavy atom. The number of aromatic hydroxyl groups is 1. The van der Waals surface area contributed by atoms with Crippen LogP contribution < -0.4 is 0 Å². The van der Waals surface area contributed by atoms with E-state index in [1.165, 1.54) is 0 Å². The van der Waals surface area contributed by atoms with Gasteiger partial charge in [0.05, 0.1) is 0 Å². The van der Waals surface area contributed by atoms with Crippen LogP contribution in [-0.2, 0) is 0 Å². The number of nitrogens with one attached hydrogen (secondary N) is 1. The number of fused-ring (bicyclic) bond motifs is 5. The molecule has 1 aliphatic carbocycles. The Bertz CT molecular complexity index is 906. The molecule has 4 rings (SSSR count). The largest absolute Gasteiger partial charge is 0.491 e. The third-order valence-corrected chi connectivity index (χ3v) is 3.33. The lowest BCUT2D eigenvalue weighted by Crippen LogP contribution is -1.94. The number of hydrogen-bond acceptors (Lipinski definition) is 4. The van der Waals surface area contributed by atoms with Crippen LogP contribution in [0.2, 0.25) is 0 Å². The van der Waals surface area contributed by atoms with Gasteiger partial charge in [-0.15, -0.1) is 4.91 Å². The number of benzene rings is 1. The summed E-state index contributed by atoms with van der Waals surface area (Å²) in [5, 5.41) is 14.6. The Morgan fingerprint density at radius 1 is 1.26 bits per heavy atom. The van der Waals surface area contributed by atoms with Gasteiger partial charge in [-0.25, -0.2) is 4.98 Å². The molecule has 0 fully saturated rings. The van der Waals surface area contributed by atoms with Crippen molar-refractivity contribution in [3.8, 4) is 17.3 Å². The maximum absolute atomic E-state index is 11.2. The van der Waals surface area contributed by atoms with Gasteiger partial charge in [0, 0.05) is 23.2 Å². The number of nitroso groups, excluding NO2 is 1. The maximum Gasteiger partial charge on any atom is 0.254 e. The van der Waals surface area contributed by atoms with Crippen LogP contribution in [0.25, 0.3) is 27.8 Å². The minimum Gasteiger partial charge on any atom is -0.491 e. The predicted molar refractivity (Wildman–Crippen MR) is 70.8 cm³/mol. The van der Waals surface area contributed by atoms with Crippen molar-refractivity contribution < 1.29 is 5.11 Å². The minimum absolute atomic E-state index is 0.106. The quantitative estimate of drug-likeness (QED) is 0.511. The van der Waals surface area contributed by atoms with Gasteiger partial charge in [-0.3, -0.25) is 4.40 Å². The van der Waals surface area contributed by atoms with Crippen molar-refractivity contribution in [1.82, 2.24) is 14.4 Å². The molecule has 1 aliphatic heterocycles. The zero-order chi connectivity index (χ0) is 13.0. The molecule has 0 amide bonds. The number of nitrogens with zero attached hydrogens (tertiary/aromatic N) is 3. The molecule has 6 nitrogen and oxygen atoms in total. The molecule has 2 N–H and O–H groups in total. The smallest absolute Gasteiger partial charge is 0.254 e. The Balaban J connectivity index is 2.38. The van der Waals surface area contributed by atoms with E-state index < -0.39 is 0 Å².